The lowest BCUT2D eigenvalue weighted by Crippen LogP contribution is -2.44. The quantitative estimate of drug-likeness (QED) is 0.767. The highest BCUT2D eigenvalue weighted by Crippen LogP contribution is 2.13. The monoisotopic (exact) mass is 252 g/mol. The van der Waals surface area contributed by atoms with Gasteiger partial charge in [-0.1, -0.05) is 0 Å². The first kappa shape index (κ1) is 13.6. The van der Waals surface area contributed by atoms with Crippen LogP contribution in [0.5, 0.6) is 0 Å². The van der Waals surface area contributed by atoms with Crippen molar-refractivity contribution in [2.24, 2.45) is 0 Å². The van der Waals surface area contributed by atoms with E-state index in [9.17, 15) is 5.11 Å². The minimum atomic E-state index is 0.217. The Morgan fingerprint density at radius 1 is 1.61 bits per heavy atom. The van der Waals surface area contributed by atoms with Crippen LogP contribution in [0.25, 0.3) is 0 Å². The van der Waals surface area contributed by atoms with Gasteiger partial charge in [-0.15, -0.1) is 0 Å². The van der Waals surface area contributed by atoms with Crippen molar-refractivity contribution >= 4 is 0 Å². The van der Waals surface area contributed by atoms with Crippen LogP contribution in [0.1, 0.15) is 25.5 Å². The molecule has 0 bridgehead atoms. The normalized spacial score (nSPS) is 21.6. The molecule has 1 saturated heterocycles. The van der Waals surface area contributed by atoms with Crippen LogP contribution < -0.4 is 5.32 Å². The second-order valence-corrected chi connectivity index (χ2v) is 5.14. The minimum absolute atomic E-state index is 0.217. The Morgan fingerprint density at radius 2 is 2.50 bits per heavy atom. The third kappa shape index (κ3) is 3.83. The van der Waals surface area contributed by atoms with Crippen LogP contribution in [0.2, 0.25) is 0 Å². The Bertz CT molecular complexity index is 321. The molecule has 4 nitrogen and oxygen atoms in total. The van der Waals surface area contributed by atoms with Crippen molar-refractivity contribution in [1.82, 2.24) is 10.2 Å². The van der Waals surface area contributed by atoms with Crippen molar-refractivity contribution in [3.8, 4) is 0 Å². The average Bonchev–Trinajstić information content (AvgIpc) is 3.01. The Labute approximate surface area is 109 Å². The summed E-state index contributed by atoms with van der Waals surface area (Å²) in [4.78, 5) is 2.35. The van der Waals surface area contributed by atoms with Crippen LogP contribution in [-0.2, 0) is 6.42 Å². The molecule has 0 amide bonds. The van der Waals surface area contributed by atoms with Gasteiger partial charge >= 0.3 is 0 Å². The van der Waals surface area contributed by atoms with Gasteiger partial charge in [-0.3, -0.25) is 4.90 Å². The third-order valence-electron chi connectivity index (χ3n) is 3.70. The molecule has 1 fully saturated rings. The average molecular weight is 252 g/mol. The van der Waals surface area contributed by atoms with E-state index in [4.69, 9.17) is 4.42 Å². The lowest BCUT2D eigenvalue weighted by atomic mass is 10.1. The van der Waals surface area contributed by atoms with Gasteiger partial charge in [0.15, 0.2) is 0 Å². The van der Waals surface area contributed by atoms with E-state index >= 15 is 0 Å². The molecule has 2 rings (SSSR count). The predicted molar refractivity (Wildman–Crippen MR) is 71.6 cm³/mol. The summed E-state index contributed by atoms with van der Waals surface area (Å²) < 4.78 is 5.40. The molecule has 2 N–H and O–H groups in total. The first-order valence-corrected chi connectivity index (χ1v) is 6.90. The van der Waals surface area contributed by atoms with Gasteiger partial charge in [0.25, 0.3) is 0 Å². The summed E-state index contributed by atoms with van der Waals surface area (Å²) >= 11 is 0. The molecule has 2 atom stereocenters. The Balaban J connectivity index is 1.86. The highest BCUT2D eigenvalue weighted by Gasteiger charge is 2.21. The lowest BCUT2D eigenvalue weighted by Gasteiger charge is -2.30. The van der Waals surface area contributed by atoms with E-state index in [1.54, 1.807) is 6.26 Å². The van der Waals surface area contributed by atoms with Crippen molar-refractivity contribution in [2.75, 3.05) is 26.2 Å². The molecule has 4 heteroatoms. The fourth-order valence-corrected chi connectivity index (χ4v) is 2.66. The lowest BCUT2D eigenvalue weighted by molar-refractivity contribution is 0.143. The number of aliphatic hydroxyl groups excluding tert-OH is 1. The van der Waals surface area contributed by atoms with E-state index in [0.29, 0.717) is 12.1 Å². The number of hydrogen-bond donors (Lipinski definition) is 2. The minimum Gasteiger partial charge on any atom is -0.469 e. The predicted octanol–water partition coefficient (Wildman–Crippen LogP) is 1.26. The summed E-state index contributed by atoms with van der Waals surface area (Å²) in [6.07, 6.45) is 5.14. The number of furan rings is 1. The number of rotatable bonds is 7. The number of nitrogens with zero attached hydrogens (tertiary/aromatic N) is 1. The first-order valence-electron chi connectivity index (χ1n) is 6.90. The first-order chi connectivity index (χ1) is 8.79. The van der Waals surface area contributed by atoms with Gasteiger partial charge in [0.05, 0.1) is 12.9 Å². The third-order valence-corrected chi connectivity index (χ3v) is 3.70. The van der Waals surface area contributed by atoms with E-state index in [0.717, 1.165) is 31.8 Å². The molecular weight excluding hydrogens is 228 g/mol. The number of aliphatic hydroxyl groups is 1. The van der Waals surface area contributed by atoms with Crippen molar-refractivity contribution in [2.45, 2.75) is 38.3 Å². The molecule has 2 unspecified atom stereocenters. The van der Waals surface area contributed by atoms with Crippen molar-refractivity contribution in [3.05, 3.63) is 24.2 Å². The summed E-state index contributed by atoms with van der Waals surface area (Å²) in [7, 11) is 0. The maximum atomic E-state index is 9.20. The molecule has 1 aromatic rings. The maximum absolute atomic E-state index is 9.20. The van der Waals surface area contributed by atoms with Gasteiger partial charge in [0.2, 0.25) is 0 Å². The highest BCUT2D eigenvalue weighted by atomic mass is 16.3. The molecule has 102 valence electrons. The van der Waals surface area contributed by atoms with Gasteiger partial charge in [0, 0.05) is 31.6 Å². The molecule has 0 radical (unpaired) electrons. The van der Waals surface area contributed by atoms with E-state index in [-0.39, 0.29) is 6.61 Å². The van der Waals surface area contributed by atoms with Gasteiger partial charge in [0.1, 0.15) is 5.76 Å². The van der Waals surface area contributed by atoms with Crippen molar-refractivity contribution < 1.29 is 9.52 Å². The largest absolute Gasteiger partial charge is 0.469 e. The van der Waals surface area contributed by atoms with E-state index in [2.05, 4.69) is 17.1 Å². The van der Waals surface area contributed by atoms with E-state index < -0.39 is 0 Å². The summed E-state index contributed by atoms with van der Waals surface area (Å²) in [5.74, 6) is 1.02. The zero-order valence-electron chi connectivity index (χ0n) is 11.1. The van der Waals surface area contributed by atoms with Gasteiger partial charge in [-0.2, -0.15) is 0 Å². The van der Waals surface area contributed by atoms with Crippen LogP contribution in [0.3, 0.4) is 0 Å². The van der Waals surface area contributed by atoms with Crippen LogP contribution in [0, 0.1) is 0 Å². The molecule has 1 aliphatic rings. The molecule has 2 heterocycles. The Morgan fingerprint density at radius 3 is 3.11 bits per heavy atom. The second-order valence-electron chi connectivity index (χ2n) is 5.14. The molecule has 0 spiro atoms. The van der Waals surface area contributed by atoms with Crippen molar-refractivity contribution in [3.63, 3.8) is 0 Å². The molecule has 1 aliphatic heterocycles. The SMILES string of the molecule is CC(Cc1ccco1)N(CCO)CC1CCCN1. The number of hydrogen-bond acceptors (Lipinski definition) is 4. The second kappa shape index (κ2) is 6.92. The zero-order valence-corrected chi connectivity index (χ0v) is 11.1. The standard InChI is InChI=1S/C14H24N2O2/c1-12(10-14-5-3-9-18-14)16(7-8-17)11-13-4-2-6-15-13/h3,5,9,12-13,15,17H,2,4,6-8,10-11H2,1H3. The summed E-state index contributed by atoms with van der Waals surface area (Å²) in [5.41, 5.74) is 0. The Hall–Kier alpha value is -0.840. The maximum Gasteiger partial charge on any atom is 0.105 e. The van der Waals surface area contributed by atoms with E-state index in [1.165, 1.54) is 12.8 Å². The van der Waals surface area contributed by atoms with Crippen LogP contribution in [-0.4, -0.2) is 48.3 Å². The van der Waals surface area contributed by atoms with Crippen LogP contribution in [0.15, 0.2) is 22.8 Å². The van der Waals surface area contributed by atoms with Gasteiger partial charge < -0.3 is 14.8 Å². The molecule has 0 saturated carbocycles. The molecule has 18 heavy (non-hydrogen) atoms. The fourth-order valence-electron chi connectivity index (χ4n) is 2.66. The van der Waals surface area contributed by atoms with Crippen LogP contribution >= 0.6 is 0 Å². The molecular formula is C14H24N2O2. The van der Waals surface area contributed by atoms with E-state index in [1.807, 2.05) is 12.1 Å². The molecule has 0 aliphatic carbocycles. The highest BCUT2D eigenvalue weighted by molar-refractivity contribution is 5.00. The topological polar surface area (TPSA) is 48.6 Å². The van der Waals surface area contributed by atoms with Gasteiger partial charge in [-0.05, 0) is 38.4 Å². The molecule has 0 aromatic carbocycles. The molecule has 1 aromatic heterocycles. The Kier molecular flexibility index (Phi) is 5.23. The van der Waals surface area contributed by atoms with Gasteiger partial charge in [-0.25, -0.2) is 0 Å². The van der Waals surface area contributed by atoms with Crippen molar-refractivity contribution in [1.29, 1.82) is 0 Å². The van der Waals surface area contributed by atoms with Crippen LogP contribution in [0.4, 0.5) is 0 Å². The number of nitrogens with one attached hydrogen (secondary N) is 1. The summed E-state index contributed by atoms with van der Waals surface area (Å²) in [5, 5.41) is 12.7. The summed E-state index contributed by atoms with van der Waals surface area (Å²) in [6, 6.07) is 4.92. The summed E-state index contributed by atoms with van der Waals surface area (Å²) in [6.45, 7) is 5.30. The smallest absolute Gasteiger partial charge is 0.105 e. The fraction of sp³-hybridized carbons (Fsp3) is 0.714. The zero-order chi connectivity index (χ0) is 12.8.